The molecule has 0 spiro atoms. The van der Waals surface area contributed by atoms with Crippen LogP contribution in [-0.2, 0) is 25.2 Å². The normalized spacial score (nSPS) is 14.8. The highest BCUT2D eigenvalue weighted by atomic mass is 32.2. The van der Waals surface area contributed by atoms with Gasteiger partial charge in [0.2, 0.25) is 5.91 Å². The van der Waals surface area contributed by atoms with Gasteiger partial charge in [-0.1, -0.05) is 6.08 Å². The van der Waals surface area contributed by atoms with Crippen LogP contribution < -0.4 is 11.1 Å². The molecule has 0 aliphatic heterocycles. The molecule has 0 aliphatic rings. The molecule has 3 atom stereocenters. The summed E-state index contributed by atoms with van der Waals surface area (Å²) in [5.74, 6) is -3.30. The van der Waals surface area contributed by atoms with Crippen molar-refractivity contribution in [1.82, 2.24) is 5.32 Å². The maximum absolute atomic E-state index is 11.5. The smallest absolute Gasteiger partial charge is 0.327 e. The monoisotopic (exact) mass is 306 g/mol. The van der Waals surface area contributed by atoms with Gasteiger partial charge in [0.05, 0.1) is 5.75 Å². The quantitative estimate of drug-likeness (QED) is 0.366. The number of nitrogens with two attached hydrogens (primary N) is 1. The molecular formula is C11H18N2O6S. The van der Waals surface area contributed by atoms with Crippen LogP contribution in [0.15, 0.2) is 12.7 Å². The fourth-order valence-electron chi connectivity index (χ4n) is 1.24. The van der Waals surface area contributed by atoms with Crippen LogP contribution in [0.1, 0.15) is 12.8 Å². The second-order valence-corrected chi connectivity index (χ2v) is 5.55. The predicted octanol–water partition coefficient (Wildman–Crippen LogP) is -1.32. The summed E-state index contributed by atoms with van der Waals surface area (Å²) in [6.07, 6.45) is 1.07. The molecule has 0 rings (SSSR count). The van der Waals surface area contributed by atoms with Crippen molar-refractivity contribution < 1.29 is 28.8 Å². The number of carboxylic acid groups (broad SMARTS) is 2. The van der Waals surface area contributed by atoms with Crippen LogP contribution in [0, 0.1) is 0 Å². The first-order valence-corrected chi connectivity index (χ1v) is 7.23. The lowest BCUT2D eigenvalue weighted by Crippen LogP contribution is -2.45. The lowest BCUT2D eigenvalue weighted by atomic mass is 10.1. The van der Waals surface area contributed by atoms with E-state index in [-0.39, 0.29) is 24.3 Å². The van der Waals surface area contributed by atoms with Crippen molar-refractivity contribution in [2.45, 2.75) is 24.9 Å². The summed E-state index contributed by atoms with van der Waals surface area (Å²) >= 11 is 0. The van der Waals surface area contributed by atoms with Crippen molar-refractivity contribution in [3.8, 4) is 0 Å². The van der Waals surface area contributed by atoms with Crippen LogP contribution in [0.25, 0.3) is 0 Å². The van der Waals surface area contributed by atoms with E-state index in [9.17, 15) is 18.6 Å². The molecule has 0 fully saturated rings. The Bertz CT molecular complexity index is 412. The summed E-state index contributed by atoms with van der Waals surface area (Å²) in [7, 11) is -1.44. The van der Waals surface area contributed by atoms with Gasteiger partial charge in [0, 0.05) is 23.0 Å². The average molecular weight is 306 g/mol. The van der Waals surface area contributed by atoms with E-state index in [0.29, 0.717) is 0 Å². The SMILES string of the molecule is C=CCS(=O)C[C@H](NC(=O)CC[C@H](N)C(=O)O)C(=O)O. The third-order valence-corrected chi connectivity index (χ3v) is 3.60. The number of aliphatic carboxylic acids is 2. The van der Waals surface area contributed by atoms with Crippen LogP contribution >= 0.6 is 0 Å². The Kier molecular flexibility index (Phi) is 8.41. The first-order valence-electron chi connectivity index (χ1n) is 5.74. The standard InChI is InChI=1S/C11H18N2O6S/c1-2-5-20(19)6-8(11(17)18)13-9(14)4-3-7(12)10(15)16/h2,7-8H,1,3-6,12H2,(H,13,14)(H,15,16)(H,17,18)/t7-,8-,20?/m0/s1. The van der Waals surface area contributed by atoms with Gasteiger partial charge in [-0.15, -0.1) is 6.58 Å². The first kappa shape index (κ1) is 18.3. The van der Waals surface area contributed by atoms with Crippen molar-refractivity contribution in [3.05, 3.63) is 12.7 Å². The summed E-state index contributed by atoms with van der Waals surface area (Å²) in [4.78, 5) is 32.9. The fraction of sp³-hybridized carbons (Fsp3) is 0.545. The van der Waals surface area contributed by atoms with E-state index in [2.05, 4.69) is 11.9 Å². The molecule has 0 aliphatic carbocycles. The Morgan fingerprint density at radius 1 is 1.30 bits per heavy atom. The Morgan fingerprint density at radius 2 is 1.90 bits per heavy atom. The molecule has 0 radical (unpaired) electrons. The second-order valence-electron chi connectivity index (χ2n) is 4.00. The fourth-order valence-corrected chi connectivity index (χ4v) is 2.23. The minimum absolute atomic E-state index is 0.108. The van der Waals surface area contributed by atoms with E-state index in [1.807, 2.05) is 0 Å². The van der Waals surface area contributed by atoms with Crippen LogP contribution in [0.3, 0.4) is 0 Å². The van der Waals surface area contributed by atoms with E-state index < -0.39 is 40.7 Å². The molecule has 0 saturated carbocycles. The lowest BCUT2D eigenvalue weighted by Gasteiger charge is -2.14. The van der Waals surface area contributed by atoms with E-state index in [1.54, 1.807) is 0 Å². The van der Waals surface area contributed by atoms with Crippen molar-refractivity contribution in [2.75, 3.05) is 11.5 Å². The van der Waals surface area contributed by atoms with E-state index in [4.69, 9.17) is 15.9 Å². The number of rotatable bonds is 10. The molecule has 0 bridgehead atoms. The van der Waals surface area contributed by atoms with E-state index in [0.717, 1.165) is 0 Å². The van der Waals surface area contributed by atoms with Gasteiger partial charge in [0.1, 0.15) is 12.1 Å². The summed E-state index contributed by atoms with van der Waals surface area (Å²) in [5.41, 5.74) is 5.22. The average Bonchev–Trinajstić information content (AvgIpc) is 2.35. The molecule has 0 aromatic rings. The highest BCUT2D eigenvalue weighted by Gasteiger charge is 2.23. The molecule has 9 heteroatoms. The van der Waals surface area contributed by atoms with E-state index >= 15 is 0 Å². The molecule has 114 valence electrons. The largest absolute Gasteiger partial charge is 0.480 e. The minimum Gasteiger partial charge on any atom is -0.480 e. The number of nitrogens with one attached hydrogen (secondary N) is 1. The molecule has 0 aromatic carbocycles. The number of hydrogen-bond acceptors (Lipinski definition) is 5. The van der Waals surface area contributed by atoms with Gasteiger partial charge < -0.3 is 21.3 Å². The summed E-state index contributed by atoms with van der Waals surface area (Å²) in [5, 5.41) is 19.6. The number of carbonyl (C=O) groups is 3. The van der Waals surface area contributed by atoms with Crippen molar-refractivity contribution in [3.63, 3.8) is 0 Å². The zero-order chi connectivity index (χ0) is 15.7. The molecule has 0 aromatic heterocycles. The van der Waals surface area contributed by atoms with Gasteiger partial charge in [-0.05, 0) is 6.42 Å². The van der Waals surface area contributed by atoms with Gasteiger partial charge in [0.15, 0.2) is 0 Å². The maximum atomic E-state index is 11.5. The zero-order valence-electron chi connectivity index (χ0n) is 10.8. The molecule has 1 unspecified atom stereocenters. The van der Waals surface area contributed by atoms with Gasteiger partial charge in [0.25, 0.3) is 0 Å². The number of carboxylic acids is 2. The molecule has 20 heavy (non-hydrogen) atoms. The molecular weight excluding hydrogens is 288 g/mol. The van der Waals surface area contributed by atoms with Crippen LogP contribution in [-0.4, -0.2) is 55.9 Å². The third-order valence-electron chi connectivity index (χ3n) is 2.29. The zero-order valence-corrected chi connectivity index (χ0v) is 11.6. The number of carbonyl (C=O) groups excluding carboxylic acids is 1. The van der Waals surface area contributed by atoms with Crippen molar-refractivity contribution in [1.29, 1.82) is 0 Å². The Hall–Kier alpha value is -1.74. The summed E-state index contributed by atoms with van der Waals surface area (Å²) in [6.45, 7) is 3.38. The van der Waals surface area contributed by atoms with Gasteiger partial charge in [-0.3, -0.25) is 13.8 Å². The van der Waals surface area contributed by atoms with Gasteiger partial charge in [-0.25, -0.2) is 4.79 Å². The Morgan fingerprint density at radius 3 is 2.35 bits per heavy atom. The van der Waals surface area contributed by atoms with Crippen molar-refractivity contribution >= 4 is 28.6 Å². The molecule has 1 amide bonds. The number of amides is 1. The Balaban J connectivity index is 4.34. The molecule has 0 saturated heterocycles. The number of hydrogen-bond donors (Lipinski definition) is 4. The van der Waals surface area contributed by atoms with Gasteiger partial charge >= 0.3 is 11.9 Å². The maximum Gasteiger partial charge on any atom is 0.327 e. The Labute approximate surface area is 118 Å². The summed E-state index contributed by atoms with van der Waals surface area (Å²) < 4.78 is 11.4. The highest BCUT2D eigenvalue weighted by Crippen LogP contribution is 1.98. The van der Waals surface area contributed by atoms with Crippen LogP contribution in [0.4, 0.5) is 0 Å². The molecule has 5 N–H and O–H groups in total. The third kappa shape index (κ3) is 7.64. The topological polar surface area (TPSA) is 147 Å². The van der Waals surface area contributed by atoms with E-state index in [1.165, 1.54) is 6.08 Å². The van der Waals surface area contributed by atoms with Crippen LogP contribution in [0.2, 0.25) is 0 Å². The molecule has 8 nitrogen and oxygen atoms in total. The van der Waals surface area contributed by atoms with Crippen LogP contribution in [0.5, 0.6) is 0 Å². The molecule has 0 heterocycles. The van der Waals surface area contributed by atoms with Gasteiger partial charge in [-0.2, -0.15) is 0 Å². The first-order chi connectivity index (χ1) is 9.27. The van der Waals surface area contributed by atoms with Crippen molar-refractivity contribution in [2.24, 2.45) is 5.73 Å². The summed E-state index contributed by atoms with van der Waals surface area (Å²) in [6, 6.07) is -2.47. The highest BCUT2D eigenvalue weighted by molar-refractivity contribution is 7.85. The minimum atomic E-state index is -1.44. The predicted molar refractivity (Wildman–Crippen MR) is 72.5 cm³/mol. The lowest BCUT2D eigenvalue weighted by molar-refractivity contribution is -0.141. The second kappa shape index (κ2) is 9.21.